The van der Waals surface area contributed by atoms with Crippen LogP contribution in [0.15, 0.2) is 0 Å². The van der Waals surface area contributed by atoms with Crippen molar-refractivity contribution in [3.8, 4) is 0 Å². The van der Waals surface area contributed by atoms with Crippen molar-refractivity contribution in [2.24, 2.45) is 5.92 Å². The first kappa shape index (κ1) is 12.8. The fourth-order valence-electron chi connectivity index (χ4n) is 2.88. The van der Waals surface area contributed by atoms with Crippen LogP contribution >= 0.6 is 0 Å². The highest BCUT2D eigenvalue weighted by molar-refractivity contribution is 5.76. The van der Waals surface area contributed by atoms with Crippen molar-refractivity contribution in [1.29, 1.82) is 0 Å². The van der Waals surface area contributed by atoms with Gasteiger partial charge in [-0.15, -0.1) is 0 Å². The quantitative estimate of drug-likeness (QED) is 0.685. The van der Waals surface area contributed by atoms with Gasteiger partial charge in [-0.25, -0.2) is 0 Å². The van der Waals surface area contributed by atoms with E-state index in [2.05, 4.69) is 16.7 Å². The maximum atomic E-state index is 11.5. The number of methoxy groups -OCH3 is 1. The number of rotatable bonds is 4. The Balaban J connectivity index is 1.73. The van der Waals surface area contributed by atoms with Gasteiger partial charge in [0.2, 0.25) is 0 Å². The molecule has 0 amide bonds. The summed E-state index contributed by atoms with van der Waals surface area (Å²) in [5, 5.41) is 0. The van der Waals surface area contributed by atoms with Gasteiger partial charge in [0.05, 0.1) is 7.11 Å². The van der Waals surface area contributed by atoms with Gasteiger partial charge in [0, 0.05) is 13.1 Å². The maximum absolute atomic E-state index is 11.5. The fraction of sp³-hybridized carbons (Fsp3) is 0.923. The Morgan fingerprint density at radius 3 is 2.41 bits per heavy atom. The van der Waals surface area contributed by atoms with Crippen LogP contribution in [0.4, 0.5) is 0 Å². The average Bonchev–Trinajstić information content (AvgIpc) is 2.35. The van der Waals surface area contributed by atoms with Crippen LogP contribution in [-0.4, -0.2) is 61.6 Å². The van der Waals surface area contributed by atoms with Crippen LogP contribution in [0.25, 0.3) is 0 Å². The predicted molar refractivity (Wildman–Crippen MR) is 66.8 cm³/mol. The molecule has 1 unspecified atom stereocenters. The molecule has 0 N–H and O–H groups in total. The molecule has 17 heavy (non-hydrogen) atoms. The van der Waals surface area contributed by atoms with Crippen molar-refractivity contribution >= 4 is 5.97 Å². The lowest BCUT2D eigenvalue weighted by Crippen LogP contribution is -2.55. The Kier molecular flexibility index (Phi) is 4.40. The van der Waals surface area contributed by atoms with Crippen LogP contribution in [0.3, 0.4) is 0 Å². The molecule has 0 saturated carbocycles. The van der Waals surface area contributed by atoms with E-state index in [9.17, 15) is 4.79 Å². The third-order valence-corrected chi connectivity index (χ3v) is 4.25. The molecular weight excluding hydrogens is 216 g/mol. The lowest BCUT2D eigenvalue weighted by atomic mass is 9.93. The number of nitrogens with zero attached hydrogens (tertiary/aromatic N) is 2. The second-order valence-electron chi connectivity index (χ2n) is 5.20. The molecule has 0 bridgehead atoms. The molecule has 0 aromatic heterocycles. The summed E-state index contributed by atoms with van der Waals surface area (Å²) in [6.07, 6.45) is 3.52. The van der Waals surface area contributed by atoms with Gasteiger partial charge in [0.25, 0.3) is 0 Å². The molecular formula is C13H24N2O2. The minimum absolute atomic E-state index is 0.0456. The predicted octanol–water partition coefficient (Wildman–Crippen LogP) is 0.966. The number of ether oxygens (including phenoxy) is 1. The van der Waals surface area contributed by atoms with Crippen LogP contribution in [0.1, 0.15) is 26.2 Å². The number of hydrogen-bond donors (Lipinski definition) is 0. The zero-order valence-corrected chi connectivity index (χ0v) is 11.0. The fourth-order valence-corrected chi connectivity index (χ4v) is 2.88. The average molecular weight is 240 g/mol. The molecule has 1 atom stereocenters. The van der Waals surface area contributed by atoms with Gasteiger partial charge in [0.1, 0.15) is 6.04 Å². The van der Waals surface area contributed by atoms with Crippen molar-refractivity contribution < 1.29 is 9.53 Å². The molecule has 2 rings (SSSR count). The first-order chi connectivity index (χ1) is 8.24. The summed E-state index contributed by atoms with van der Waals surface area (Å²) in [6.45, 7) is 7.98. The second-order valence-corrected chi connectivity index (χ2v) is 5.20. The monoisotopic (exact) mass is 240 g/mol. The van der Waals surface area contributed by atoms with Crippen LogP contribution in [-0.2, 0) is 9.53 Å². The SMILES string of the molecule is CCN1CCC(CN2CCC2C(=O)OC)CC1. The molecule has 2 fully saturated rings. The van der Waals surface area contributed by atoms with Crippen LogP contribution < -0.4 is 0 Å². The molecule has 0 aromatic carbocycles. The Morgan fingerprint density at radius 1 is 1.24 bits per heavy atom. The van der Waals surface area contributed by atoms with Crippen molar-refractivity contribution in [3.63, 3.8) is 0 Å². The zero-order valence-electron chi connectivity index (χ0n) is 11.0. The van der Waals surface area contributed by atoms with E-state index in [1.807, 2.05) is 0 Å². The minimum atomic E-state index is -0.0535. The summed E-state index contributed by atoms with van der Waals surface area (Å²) in [5.74, 6) is 0.715. The molecule has 98 valence electrons. The molecule has 4 nitrogen and oxygen atoms in total. The molecule has 0 radical (unpaired) electrons. The van der Waals surface area contributed by atoms with Crippen molar-refractivity contribution in [2.45, 2.75) is 32.2 Å². The van der Waals surface area contributed by atoms with Gasteiger partial charge in [-0.1, -0.05) is 6.92 Å². The summed E-state index contributed by atoms with van der Waals surface area (Å²) < 4.78 is 4.82. The summed E-state index contributed by atoms with van der Waals surface area (Å²) in [7, 11) is 1.48. The number of likely N-dealkylation sites (tertiary alicyclic amines) is 2. The van der Waals surface area contributed by atoms with Crippen LogP contribution in [0.2, 0.25) is 0 Å². The molecule has 0 spiro atoms. The topological polar surface area (TPSA) is 32.8 Å². The van der Waals surface area contributed by atoms with E-state index in [1.54, 1.807) is 0 Å². The Morgan fingerprint density at radius 2 is 1.94 bits per heavy atom. The number of carbonyl (C=O) groups is 1. The Hall–Kier alpha value is -0.610. The zero-order chi connectivity index (χ0) is 12.3. The molecule has 0 aliphatic carbocycles. The first-order valence-electron chi connectivity index (χ1n) is 6.78. The van der Waals surface area contributed by atoms with E-state index >= 15 is 0 Å². The highest BCUT2D eigenvalue weighted by Gasteiger charge is 2.36. The van der Waals surface area contributed by atoms with Gasteiger partial charge in [-0.05, 0) is 44.8 Å². The molecule has 4 heteroatoms. The van der Waals surface area contributed by atoms with Gasteiger partial charge in [-0.2, -0.15) is 0 Å². The van der Waals surface area contributed by atoms with E-state index in [-0.39, 0.29) is 12.0 Å². The lowest BCUT2D eigenvalue weighted by molar-refractivity contribution is -0.152. The molecule has 2 aliphatic heterocycles. The summed E-state index contributed by atoms with van der Waals surface area (Å²) in [6, 6.07) is 0.0456. The van der Waals surface area contributed by atoms with Gasteiger partial charge in [0.15, 0.2) is 0 Å². The second kappa shape index (κ2) is 5.83. The van der Waals surface area contributed by atoms with E-state index in [0.29, 0.717) is 0 Å². The Labute approximate surface area is 104 Å². The van der Waals surface area contributed by atoms with Gasteiger partial charge in [-0.3, -0.25) is 9.69 Å². The van der Waals surface area contributed by atoms with Crippen molar-refractivity contribution in [3.05, 3.63) is 0 Å². The van der Waals surface area contributed by atoms with Crippen LogP contribution in [0.5, 0.6) is 0 Å². The normalized spacial score (nSPS) is 27.8. The standard InChI is InChI=1S/C13H24N2O2/c1-3-14-7-4-11(5-8-14)10-15-9-6-12(15)13(16)17-2/h11-12H,3-10H2,1-2H3. The first-order valence-corrected chi connectivity index (χ1v) is 6.78. The third-order valence-electron chi connectivity index (χ3n) is 4.25. The number of esters is 1. The summed E-state index contributed by atoms with van der Waals surface area (Å²) in [5.41, 5.74) is 0. The van der Waals surface area contributed by atoms with E-state index in [1.165, 1.54) is 39.6 Å². The number of piperidine rings is 1. The molecule has 2 saturated heterocycles. The van der Waals surface area contributed by atoms with E-state index in [4.69, 9.17) is 4.74 Å². The van der Waals surface area contributed by atoms with E-state index in [0.717, 1.165) is 25.4 Å². The van der Waals surface area contributed by atoms with Crippen LogP contribution in [0, 0.1) is 5.92 Å². The largest absolute Gasteiger partial charge is 0.468 e. The molecule has 2 aliphatic rings. The number of carbonyl (C=O) groups excluding carboxylic acids is 1. The minimum Gasteiger partial charge on any atom is -0.468 e. The highest BCUT2D eigenvalue weighted by atomic mass is 16.5. The molecule has 0 aromatic rings. The highest BCUT2D eigenvalue weighted by Crippen LogP contribution is 2.24. The van der Waals surface area contributed by atoms with Crippen molar-refractivity contribution in [2.75, 3.05) is 39.8 Å². The maximum Gasteiger partial charge on any atom is 0.323 e. The molecule has 2 heterocycles. The smallest absolute Gasteiger partial charge is 0.323 e. The Bertz CT molecular complexity index is 262. The van der Waals surface area contributed by atoms with Gasteiger partial charge < -0.3 is 9.64 Å². The summed E-state index contributed by atoms with van der Waals surface area (Å²) in [4.78, 5) is 16.3. The van der Waals surface area contributed by atoms with Gasteiger partial charge >= 0.3 is 5.97 Å². The third kappa shape index (κ3) is 2.99. The lowest BCUT2D eigenvalue weighted by Gasteiger charge is -2.42. The van der Waals surface area contributed by atoms with Crippen molar-refractivity contribution in [1.82, 2.24) is 9.80 Å². The summed E-state index contributed by atoms with van der Waals surface area (Å²) >= 11 is 0. The van der Waals surface area contributed by atoms with E-state index < -0.39 is 0 Å². The number of hydrogen-bond acceptors (Lipinski definition) is 4.